The monoisotopic (exact) mass is 155 g/mol. The van der Waals surface area contributed by atoms with Gasteiger partial charge in [0.25, 0.3) is 0 Å². The summed E-state index contributed by atoms with van der Waals surface area (Å²) in [6.07, 6.45) is 5.55. The quantitative estimate of drug-likeness (QED) is 0.652. The van der Waals surface area contributed by atoms with Gasteiger partial charge in [-0.2, -0.15) is 0 Å². The van der Waals surface area contributed by atoms with Crippen molar-refractivity contribution in [3.8, 4) is 0 Å². The second kappa shape index (κ2) is 2.46. The molecule has 2 aliphatic rings. The van der Waals surface area contributed by atoms with Crippen LogP contribution in [0.1, 0.15) is 32.6 Å². The molecule has 0 amide bonds. The molecular formula is C9H17NO. The molecule has 2 rings (SSSR count). The number of rotatable bonds is 2. The van der Waals surface area contributed by atoms with Crippen LogP contribution < -0.4 is 5.73 Å². The molecule has 0 aromatic carbocycles. The van der Waals surface area contributed by atoms with Gasteiger partial charge in [-0.25, -0.2) is 0 Å². The van der Waals surface area contributed by atoms with E-state index < -0.39 is 0 Å². The van der Waals surface area contributed by atoms with Crippen LogP contribution >= 0.6 is 0 Å². The highest BCUT2D eigenvalue weighted by atomic mass is 16.5. The van der Waals surface area contributed by atoms with Crippen molar-refractivity contribution in [1.82, 2.24) is 0 Å². The average molecular weight is 155 g/mol. The second-order valence-electron chi connectivity index (χ2n) is 3.87. The zero-order chi connectivity index (χ0) is 7.90. The molecule has 1 spiro atoms. The van der Waals surface area contributed by atoms with Crippen molar-refractivity contribution in [3.05, 3.63) is 0 Å². The predicted octanol–water partition coefficient (Wildman–Crippen LogP) is 1.29. The largest absolute Gasteiger partial charge is 0.378 e. The van der Waals surface area contributed by atoms with Crippen molar-refractivity contribution < 1.29 is 4.74 Å². The molecule has 0 saturated heterocycles. The van der Waals surface area contributed by atoms with Crippen LogP contribution in [0.15, 0.2) is 0 Å². The molecule has 0 bridgehead atoms. The normalized spacial score (nSPS) is 39.8. The Bertz CT molecular complexity index is 152. The van der Waals surface area contributed by atoms with Crippen LogP contribution in [0, 0.1) is 5.41 Å². The minimum Gasteiger partial charge on any atom is -0.378 e. The van der Waals surface area contributed by atoms with E-state index >= 15 is 0 Å². The highest BCUT2D eigenvalue weighted by Gasteiger charge is 2.57. The maximum absolute atomic E-state index is 5.96. The molecular weight excluding hydrogens is 138 g/mol. The maximum atomic E-state index is 5.96. The van der Waals surface area contributed by atoms with Gasteiger partial charge in [-0.1, -0.05) is 6.42 Å². The molecule has 2 saturated carbocycles. The zero-order valence-electron chi connectivity index (χ0n) is 7.18. The highest BCUT2D eigenvalue weighted by molar-refractivity contribution is 5.10. The van der Waals surface area contributed by atoms with E-state index in [1.165, 1.54) is 19.3 Å². The fourth-order valence-electron chi connectivity index (χ4n) is 2.49. The van der Waals surface area contributed by atoms with Gasteiger partial charge in [-0.3, -0.25) is 0 Å². The predicted molar refractivity (Wildman–Crippen MR) is 44.3 cm³/mol. The summed E-state index contributed by atoms with van der Waals surface area (Å²) in [6, 6.07) is 0.438. The number of ether oxygens (including phenoxy) is 1. The Morgan fingerprint density at radius 3 is 2.64 bits per heavy atom. The van der Waals surface area contributed by atoms with E-state index in [1.807, 2.05) is 0 Å². The fraction of sp³-hybridized carbons (Fsp3) is 1.00. The molecule has 0 radical (unpaired) electrons. The first-order valence-electron chi connectivity index (χ1n) is 4.67. The fourth-order valence-corrected chi connectivity index (χ4v) is 2.49. The van der Waals surface area contributed by atoms with Crippen LogP contribution in [0.3, 0.4) is 0 Å². The van der Waals surface area contributed by atoms with Gasteiger partial charge in [0.1, 0.15) is 0 Å². The Balaban J connectivity index is 1.94. The molecule has 0 aromatic rings. The third-order valence-corrected chi connectivity index (χ3v) is 3.50. The Labute approximate surface area is 68.1 Å². The third-order valence-electron chi connectivity index (χ3n) is 3.50. The molecule has 2 nitrogen and oxygen atoms in total. The lowest BCUT2D eigenvalue weighted by molar-refractivity contribution is -0.163. The van der Waals surface area contributed by atoms with E-state index in [4.69, 9.17) is 10.5 Å². The molecule has 2 heteroatoms. The zero-order valence-corrected chi connectivity index (χ0v) is 7.18. The van der Waals surface area contributed by atoms with E-state index in [1.54, 1.807) is 0 Å². The standard InChI is InChI=1S/C9H17NO/c1-2-11-8-6-7(10)9(8)4-3-5-9/h7-8H,2-6,10H2,1H3/t7-,8-/m0/s1. The van der Waals surface area contributed by atoms with Crippen molar-refractivity contribution in [3.63, 3.8) is 0 Å². The topological polar surface area (TPSA) is 35.2 Å². The van der Waals surface area contributed by atoms with E-state index in [-0.39, 0.29) is 0 Å². The molecule has 0 heterocycles. The van der Waals surface area contributed by atoms with Crippen LogP contribution in [-0.4, -0.2) is 18.8 Å². The van der Waals surface area contributed by atoms with Crippen LogP contribution in [0.5, 0.6) is 0 Å². The van der Waals surface area contributed by atoms with E-state index in [2.05, 4.69) is 6.92 Å². The van der Waals surface area contributed by atoms with Gasteiger partial charge in [0.05, 0.1) is 6.10 Å². The minimum atomic E-state index is 0.427. The van der Waals surface area contributed by atoms with Crippen LogP contribution in [0.4, 0.5) is 0 Å². The van der Waals surface area contributed by atoms with Crippen molar-refractivity contribution in [2.75, 3.05) is 6.61 Å². The number of nitrogens with two attached hydrogens (primary N) is 1. The first-order valence-corrected chi connectivity index (χ1v) is 4.67. The van der Waals surface area contributed by atoms with Crippen LogP contribution in [0.2, 0.25) is 0 Å². The van der Waals surface area contributed by atoms with Gasteiger partial charge in [0.15, 0.2) is 0 Å². The Hall–Kier alpha value is -0.0800. The van der Waals surface area contributed by atoms with Crippen molar-refractivity contribution in [1.29, 1.82) is 0 Å². The molecule has 0 aromatic heterocycles. The Morgan fingerprint density at radius 1 is 1.55 bits per heavy atom. The first kappa shape index (κ1) is 7.56. The van der Waals surface area contributed by atoms with Gasteiger partial charge >= 0.3 is 0 Å². The minimum absolute atomic E-state index is 0.427. The summed E-state index contributed by atoms with van der Waals surface area (Å²) in [6.45, 7) is 2.91. The van der Waals surface area contributed by atoms with Crippen molar-refractivity contribution in [2.45, 2.75) is 44.8 Å². The molecule has 2 atom stereocenters. The molecule has 11 heavy (non-hydrogen) atoms. The molecule has 2 fully saturated rings. The van der Waals surface area contributed by atoms with Gasteiger partial charge in [0, 0.05) is 18.1 Å². The van der Waals surface area contributed by atoms with Gasteiger partial charge < -0.3 is 10.5 Å². The molecule has 0 aliphatic heterocycles. The molecule has 2 N–H and O–H groups in total. The van der Waals surface area contributed by atoms with Gasteiger partial charge in [-0.15, -0.1) is 0 Å². The maximum Gasteiger partial charge on any atom is 0.0660 e. The summed E-state index contributed by atoms with van der Waals surface area (Å²) in [5.74, 6) is 0. The third kappa shape index (κ3) is 0.859. The molecule has 0 unspecified atom stereocenters. The lowest BCUT2D eigenvalue weighted by Crippen LogP contribution is -2.65. The smallest absolute Gasteiger partial charge is 0.0660 e. The Morgan fingerprint density at radius 2 is 2.27 bits per heavy atom. The second-order valence-corrected chi connectivity index (χ2v) is 3.87. The van der Waals surface area contributed by atoms with Crippen LogP contribution in [-0.2, 0) is 4.74 Å². The van der Waals surface area contributed by atoms with Crippen molar-refractivity contribution in [2.24, 2.45) is 11.1 Å². The number of hydrogen-bond acceptors (Lipinski definition) is 2. The first-order chi connectivity index (χ1) is 5.29. The lowest BCUT2D eigenvalue weighted by Gasteiger charge is -2.59. The summed E-state index contributed by atoms with van der Waals surface area (Å²) < 4.78 is 5.63. The summed E-state index contributed by atoms with van der Waals surface area (Å²) in [5.41, 5.74) is 6.39. The lowest BCUT2D eigenvalue weighted by atomic mass is 9.51. The SMILES string of the molecule is CCO[C@H]1C[C@H](N)C12CCC2. The summed E-state index contributed by atoms with van der Waals surface area (Å²) >= 11 is 0. The van der Waals surface area contributed by atoms with Gasteiger partial charge in [-0.05, 0) is 26.2 Å². The van der Waals surface area contributed by atoms with Gasteiger partial charge in [0.2, 0.25) is 0 Å². The molecule has 2 aliphatic carbocycles. The average Bonchev–Trinajstić information content (AvgIpc) is 1.83. The van der Waals surface area contributed by atoms with Crippen molar-refractivity contribution >= 4 is 0 Å². The highest BCUT2D eigenvalue weighted by Crippen LogP contribution is 2.56. The Kier molecular flexibility index (Phi) is 1.69. The van der Waals surface area contributed by atoms with Crippen LogP contribution in [0.25, 0.3) is 0 Å². The van der Waals surface area contributed by atoms with E-state index in [0.29, 0.717) is 17.6 Å². The van der Waals surface area contributed by atoms with E-state index in [0.717, 1.165) is 13.0 Å². The number of hydrogen-bond donors (Lipinski definition) is 1. The van der Waals surface area contributed by atoms with E-state index in [9.17, 15) is 0 Å². The summed E-state index contributed by atoms with van der Waals surface area (Å²) in [5, 5.41) is 0. The summed E-state index contributed by atoms with van der Waals surface area (Å²) in [7, 11) is 0. The molecule has 64 valence electrons. The summed E-state index contributed by atoms with van der Waals surface area (Å²) in [4.78, 5) is 0.